The Morgan fingerprint density at radius 1 is 1.35 bits per heavy atom. The third-order valence-electron chi connectivity index (χ3n) is 2.18. The van der Waals surface area contributed by atoms with Crippen LogP contribution in [0.1, 0.15) is 11.1 Å². The fraction of sp³-hybridized carbons (Fsp3) is 0.364. The first kappa shape index (κ1) is 15.1. The highest BCUT2D eigenvalue weighted by atomic mass is 35.5. The number of benzene rings is 1. The summed E-state index contributed by atoms with van der Waals surface area (Å²) < 4.78 is 23.1. The van der Waals surface area contributed by atoms with Gasteiger partial charge in [-0.25, -0.2) is 0 Å². The van der Waals surface area contributed by atoms with Crippen molar-refractivity contribution >= 4 is 34.0 Å². The second-order valence-electron chi connectivity index (χ2n) is 3.50. The van der Waals surface area contributed by atoms with E-state index < -0.39 is 22.4 Å². The van der Waals surface area contributed by atoms with Gasteiger partial charge in [-0.15, -0.1) is 0 Å². The number of halogens is 1. The number of rotatable bonds is 5. The molecule has 1 rings (SSSR count). The summed E-state index contributed by atoms with van der Waals surface area (Å²) in [5, 5.41) is 9.38. The standard InChI is InChI=1S/C11H14ClO3S2/c1-16(14)7-9-10(12)4-3-8(5-6-13)11(9)17(2)15/h3-5,13H,6-7H2,1-2H3. The molecule has 0 aromatic heterocycles. The summed E-state index contributed by atoms with van der Waals surface area (Å²) >= 11 is 3.74. The fourth-order valence-corrected chi connectivity index (χ4v) is 3.73. The largest absolute Gasteiger partial charge is 0.616 e. The number of aliphatic hydroxyl groups is 1. The molecule has 0 aliphatic rings. The zero-order chi connectivity index (χ0) is 13.0. The molecular weight excluding hydrogens is 280 g/mol. The molecule has 0 amide bonds. The van der Waals surface area contributed by atoms with Gasteiger partial charge in [0.25, 0.3) is 0 Å². The Morgan fingerprint density at radius 2 is 2.00 bits per heavy atom. The third-order valence-corrected chi connectivity index (χ3v) is 4.29. The molecule has 0 aliphatic heterocycles. The van der Waals surface area contributed by atoms with Gasteiger partial charge in [-0.3, -0.25) is 0 Å². The first-order valence-corrected chi connectivity index (χ1v) is 8.52. The summed E-state index contributed by atoms with van der Waals surface area (Å²) in [6.07, 6.45) is 4.68. The highest BCUT2D eigenvalue weighted by molar-refractivity contribution is 7.91. The van der Waals surface area contributed by atoms with Crippen molar-refractivity contribution in [1.29, 1.82) is 0 Å². The highest BCUT2D eigenvalue weighted by Gasteiger charge is 2.22. The van der Waals surface area contributed by atoms with Crippen LogP contribution in [0.3, 0.4) is 0 Å². The molecule has 1 aromatic carbocycles. The van der Waals surface area contributed by atoms with Crippen LogP contribution >= 0.6 is 11.6 Å². The Balaban J connectivity index is 3.27. The van der Waals surface area contributed by atoms with Gasteiger partial charge in [0.2, 0.25) is 0 Å². The van der Waals surface area contributed by atoms with E-state index in [4.69, 9.17) is 16.7 Å². The second-order valence-corrected chi connectivity index (χ2v) is 6.66. The molecule has 1 radical (unpaired) electrons. The van der Waals surface area contributed by atoms with Crippen molar-refractivity contribution in [2.75, 3.05) is 19.1 Å². The van der Waals surface area contributed by atoms with Gasteiger partial charge in [-0.2, -0.15) is 0 Å². The van der Waals surface area contributed by atoms with Crippen LogP contribution in [0.5, 0.6) is 0 Å². The van der Waals surface area contributed by atoms with Crippen molar-refractivity contribution < 1.29 is 14.2 Å². The van der Waals surface area contributed by atoms with Gasteiger partial charge in [0.1, 0.15) is 12.0 Å². The van der Waals surface area contributed by atoms with Gasteiger partial charge < -0.3 is 14.2 Å². The first-order valence-electron chi connectivity index (χ1n) is 4.86. The zero-order valence-corrected chi connectivity index (χ0v) is 12.0. The third kappa shape index (κ3) is 4.05. The molecule has 1 aromatic rings. The molecule has 3 nitrogen and oxygen atoms in total. The van der Waals surface area contributed by atoms with E-state index in [1.54, 1.807) is 31.1 Å². The fourth-order valence-electron chi connectivity index (χ4n) is 1.56. The van der Waals surface area contributed by atoms with E-state index in [-0.39, 0.29) is 12.4 Å². The van der Waals surface area contributed by atoms with Crippen molar-refractivity contribution in [3.8, 4) is 0 Å². The Bertz CT molecular complexity index is 383. The smallest absolute Gasteiger partial charge is 0.165 e. The second kappa shape index (κ2) is 6.87. The van der Waals surface area contributed by atoms with Crippen LogP contribution in [0, 0.1) is 6.42 Å². The molecule has 0 fully saturated rings. The predicted octanol–water partition coefficient (Wildman–Crippen LogP) is 1.50. The lowest BCUT2D eigenvalue weighted by Crippen LogP contribution is -2.11. The Kier molecular flexibility index (Phi) is 6.12. The molecule has 1 N–H and O–H groups in total. The predicted molar refractivity (Wildman–Crippen MR) is 72.0 cm³/mol. The minimum atomic E-state index is -1.24. The molecule has 2 unspecified atom stereocenters. The first-order chi connectivity index (χ1) is 7.97. The maximum atomic E-state index is 11.7. The molecule has 17 heavy (non-hydrogen) atoms. The average molecular weight is 294 g/mol. The van der Waals surface area contributed by atoms with Crippen molar-refractivity contribution in [2.24, 2.45) is 0 Å². The van der Waals surface area contributed by atoms with E-state index in [1.807, 2.05) is 0 Å². The van der Waals surface area contributed by atoms with E-state index in [2.05, 4.69) is 0 Å². The maximum Gasteiger partial charge on any atom is 0.165 e. The monoisotopic (exact) mass is 293 g/mol. The van der Waals surface area contributed by atoms with Gasteiger partial charge in [-0.05, 0) is 17.2 Å². The van der Waals surface area contributed by atoms with Gasteiger partial charge in [0.05, 0.1) is 23.4 Å². The summed E-state index contributed by atoms with van der Waals surface area (Å²) in [5.74, 6) is 0.265. The lowest BCUT2D eigenvalue weighted by Gasteiger charge is -2.16. The summed E-state index contributed by atoms with van der Waals surface area (Å²) in [6.45, 7) is -0.138. The Hall–Kier alpha value is 0.0900. The Labute approximate surface area is 113 Å². The number of aliphatic hydroxyl groups excluding tert-OH is 1. The van der Waals surface area contributed by atoms with E-state index >= 15 is 0 Å². The maximum absolute atomic E-state index is 11.7. The van der Waals surface area contributed by atoms with Crippen LogP contribution in [0.15, 0.2) is 17.0 Å². The number of hydrogen-bond acceptors (Lipinski definition) is 3. The normalized spacial score (nSPS) is 14.7. The minimum Gasteiger partial charge on any atom is -0.616 e. The van der Waals surface area contributed by atoms with Crippen LogP contribution < -0.4 is 0 Å². The number of hydrogen-bond donors (Lipinski definition) is 1. The van der Waals surface area contributed by atoms with Crippen molar-refractivity contribution in [1.82, 2.24) is 0 Å². The van der Waals surface area contributed by atoms with E-state index in [9.17, 15) is 9.11 Å². The molecule has 6 heteroatoms. The topological polar surface area (TPSA) is 66.3 Å². The zero-order valence-electron chi connectivity index (χ0n) is 9.60. The van der Waals surface area contributed by atoms with E-state index in [0.29, 0.717) is 21.0 Å². The molecule has 95 valence electrons. The molecule has 0 saturated heterocycles. The van der Waals surface area contributed by atoms with E-state index in [0.717, 1.165) is 0 Å². The van der Waals surface area contributed by atoms with Crippen LogP contribution in [0.2, 0.25) is 5.02 Å². The molecular formula is C11H14ClO3S2. The van der Waals surface area contributed by atoms with Crippen LogP contribution in [-0.4, -0.2) is 33.3 Å². The van der Waals surface area contributed by atoms with Gasteiger partial charge in [0, 0.05) is 12.0 Å². The van der Waals surface area contributed by atoms with Crippen molar-refractivity contribution in [3.63, 3.8) is 0 Å². The van der Waals surface area contributed by atoms with E-state index in [1.165, 1.54) is 0 Å². The molecule has 0 bridgehead atoms. The molecule has 0 aliphatic carbocycles. The lowest BCUT2D eigenvalue weighted by atomic mass is 10.1. The van der Waals surface area contributed by atoms with Crippen molar-refractivity contribution in [2.45, 2.75) is 10.6 Å². The molecule has 0 heterocycles. The lowest BCUT2D eigenvalue weighted by molar-refractivity contribution is 0.331. The molecule has 2 atom stereocenters. The highest BCUT2D eigenvalue weighted by Crippen LogP contribution is 2.30. The van der Waals surface area contributed by atoms with Gasteiger partial charge in [0.15, 0.2) is 4.90 Å². The molecule has 0 saturated carbocycles. The quantitative estimate of drug-likeness (QED) is 0.837. The van der Waals surface area contributed by atoms with Crippen LogP contribution in [0.25, 0.3) is 0 Å². The van der Waals surface area contributed by atoms with Crippen LogP contribution in [0.4, 0.5) is 0 Å². The summed E-state index contributed by atoms with van der Waals surface area (Å²) in [6, 6.07) is 3.37. The average Bonchev–Trinajstić information content (AvgIpc) is 2.22. The molecule has 0 spiro atoms. The van der Waals surface area contributed by atoms with Crippen molar-refractivity contribution in [3.05, 3.63) is 34.7 Å². The summed E-state index contributed by atoms with van der Waals surface area (Å²) in [5.41, 5.74) is 1.31. The minimum absolute atomic E-state index is 0.138. The van der Waals surface area contributed by atoms with Gasteiger partial charge in [-0.1, -0.05) is 28.8 Å². The summed E-state index contributed by atoms with van der Waals surface area (Å²) in [7, 11) is 0. The SMILES string of the molecule is C[S+]([O-])Cc1c(Cl)ccc([CH]CO)c1[S+](C)[O-]. The Morgan fingerprint density at radius 3 is 2.47 bits per heavy atom. The van der Waals surface area contributed by atoms with Gasteiger partial charge >= 0.3 is 0 Å². The summed E-state index contributed by atoms with van der Waals surface area (Å²) in [4.78, 5) is 0.557. The van der Waals surface area contributed by atoms with Crippen LogP contribution in [-0.2, 0) is 28.1 Å².